The predicted molar refractivity (Wildman–Crippen MR) is 120 cm³/mol. The summed E-state index contributed by atoms with van der Waals surface area (Å²) in [5.41, 5.74) is 2.09. The van der Waals surface area contributed by atoms with E-state index < -0.39 is 17.8 Å². The van der Waals surface area contributed by atoms with E-state index in [2.05, 4.69) is 10.6 Å². The van der Waals surface area contributed by atoms with E-state index in [-0.39, 0.29) is 17.8 Å². The SMILES string of the molecule is CNC(=O)[C@H](N[C@@H](CCc1ccc(C(F)(F)F)cc1)c1ccc(F)c(C)c1)c1ccccc1. The molecule has 0 radical (unpaired) electrons. The minimum Gasteiger partial charge on any atom is -0.358 e. The monoisotopic (exact) mass is 458 g/mol. The van der Waals surface area contributed by atoms with Gasteiger partial charge in [0.05, 0.1) is 5.56 Å². The zero-order chi connectivity index (χ0) is 24.0. The molecule has 0 heterocycles. The third-order valence-corrected chi connectivity index (χ3v) is 5.60. The summed E-state index contributed by atoms with van der Waals surface area (Å²) < 4.78 is 52.5. The van der Waals surface area contributed by atoms with Gasteiger partial charge in [-0.3, -0.25) is 10.1 Å². The Morgan fingerprint density at radius 2 is 1.61 bits per heavy atom. The van der Waals surface area contributed by atoms with Crippen LogP contribution in [0.15, 0.2) is 72.8 Å². The van der Waals surface area contributed by atoms with Crippen LogP contribution in [0.3, 0.4) is 0 Å². The van der Waals surface area contributed by atoms with E-state index in [9.17, 15) is 22.4 Å². The molecule has 0 aromatic heterocycles. The summed E-state index contributed by atoms with van der Waals surface area (Å²) >= 11 is 0. The van der Waals surface area contributed by atoms with Crippen LogP contribution >= 0.6 is 0 Å². The number of benzene rings is 3. The second-order valence-corrected chi connectivity index (χ2v) is 7.92. The zero-order valence-electron chi connectivity index (χ0n) is 18.4. The van der Waals surface area contributed by atoms with Crippen LogP contribution in [0.2, 0.25) is 0 Å². The molecule has 2 N–H and O–H groups in total. The van der Waals surface area contributed by atoms with Crippen molar-refractivity contribution in [3.8, 4) is 0 Å². The molecule has 1 amide bonds. The lowest BCUT2D eigenvalue weighted by Gasteiger charge is -2.26. The number of amides is 1. The van der Waals surface area contributed by atoms with Crippen molar-refractivity contribution in [2.75, 3.05) is 7.05 Å². The van der Waals surface area contributed by atoms with Gasteiger partial charge in [0.25, 0.3) is 0 Å². The molecule has 0 aliphatic heterocycles. The maximum atomic E-state index is 13.9. The number of alkyl halides is 3. The van der Waals surface area contributed by atoms with Crippen molar-refractivity contribution in [2.24, 2.45) is 0 Å². The third-order valence-electron chi connectivity index (χ3n) is 5.60. The first-order chi connectivity index (χ1) is 15.7. The quantitative estimate of drug-likeness (QED) is 0.413. The van der Waals surface area contributed by atoms with Gasteiger partial charge >= 0.3 is 6.18 Å². The van der Waals surface area contributed by atoms with E-state index in [1.165, 1.54) is 18.2 Å². The van der Waals surface area contributed by atoms with Gasteiger partial charge in [-0.25, -0.2) is 4.39 Å². The van der Waals surface area contributed by atoms with Crippen molar-refractivity contribution in [3.05, 3.63) is 106 Å². The van der Waals surface area contributed by atoms with Crippen LogP contribution in [-0.2, 0) is 17.4 Å². The molecule has 3 aromatic rings. The summed E-state index contributed by atoms with van der Waals surface area (Å²) in [7, 11) is 1.55. The average Bonchev–Trinajstić information content (AvgIpc) is 2.81. The molecule has 0 spiro atoms. The van der Waals surface area contributed by atoms with Gasteiger partial charge in [0.15, 0.2) is 0 Å². The third kappa shape index (κ3) is 6.42. The average molecular weight is 458 g/mol. The number of hydrogen-bond acceptors (Lipinski definition) is 2. The minimum atomic E-state index is -4.38. The largest absolute Gasteiger partial charge is 0.416 e. The molecule has 0 fully saturated rings. The van der Waals surface area contributed by atoms with E-state index in [1.807, 2.05) is 30.3 Å². The summed E-state index contributed by atoms with van der Waals surface area (Å²) in [6.07, 6.45) is -3.41. The van der Waals surface area contributed by atoms with E-state index in [0.717, 1.165) is 28.8 Å². The van der Waals surface area contributed by atoms with Gasteiger partial charge in [0, 0.05) is 13.1 Å². The molecule has 174 valence electrons. The fourth-order valence-electron chi connectivity index (χ4n) is 3.72. The van der Waals surface area contributed by atoms with Gasteiger partial charge in [-0.2, -0.15) is 13.2 Å². The molecule has 2 atom stereocenters. The highest BCUT2D eigenvalue weighted by Crippen LogP contribution is 2.30. The van der Waals surface area contributed by atoms with Gasteiger partial charge in [-0.1, -0.05) is 54.6 Å². The lowest BCUT2D eigenvalue weighted by atomic mass is 9.95. The van der Waals surface area contributed by atoms with Crippen molar-refractivity contribution in [1.29, 1.82) is 0 Å². The molecule has 3 aromatic carbocycles. The summed E-state index contributed by atoms with van der Waals surface area (Å²) in [6, 6.07) is 18.1. The molecular weight excluding hydrogens is 432 g/mol. The molecular formula is C26H26F4N2O. The number of halogens is 4. The number of nitrogens with one attached hydrogen (secondary N) is 2. The summed E-state index contributed by atoms with van der Waals surface area (Å²) in [6.45, 7) is 1.67. The first-order valence-electron chi connectivity index (χ1n) is 10.6. The Balaban J connectivity index is 1.87. The molecule has 0 unspecified atom stereocenters. The van der Waals surface area contributed by atoms with Crippen LogP contribution in [0.5, 0.6) is 0 Å². The minimum absolute atomic E-state index is 0.223. The van der Waals surface area contributed by atoms with Crippen molar-refractivity contribution in [2.45, 2.75) is 38.0 Å². The number of likely N-dealkylation sites (N-methyl/N-ethyl adjacent to an activating group) is 1. The van der Waals surface area contributed by atoms with Gasteiger partial charge < -0.3 is 5.32 Å². The standard InChI is InChI=1S/C26H26F4N2O/c1-17-16-20(11-14-22(17)27)23(15-10-18-8-12-21(13-9-18)26(28,29)30)32-24(25(33)31-2)19-6-4-3-5-7-19/h3-9,11-14,16,23-24,32H,10,15H2,1-2H3,(H,31,33)/t23-,24+/m0/s1. The van der Waals surface area contributed by atoms with E-state index in [1.54, 1.807) is 26.1 Å². The molecule has 3 rings (SSSR count). The fourth-order valence-corrected chi connectivity index (χ4v) is 3.72. The normalized spacial score (nSPS) is 13.4. The fraction of sp³-hybridized carbons (Fsp3) is 0.269. The molecule has 0 bridgehead atoms. The smallest absolute Gasteiger partial charge is 0.358 e. The number of hydrogen-bond donors (Lipinski definition) is 2. The van der Waals surface area contributed by atoms with Crippen LogP contribution in [0, 0.1) is 12.7 Å². The van der Waals surface area contributed by atoms with Crippen molar-refractivity contribution < 1.29 is 22.4 Å². The molecule has 0 saturated heterocycles. The molecule has 3 nitrogen and oxygen atoms in total. The van der Waals surface area contributed by atoms with Crippen molar-refractivity contribution in [1.82, 2.24) is 10.6 Å². The predicted octanol–water partition coefficient (Wildman–Crippen LogP) is 5.90. The lowest BCUT2D eigenvalue weighted by Crippen LogP contribution is -2.38. The van der Waals surface area contributed by atoms with Gasteiger partial charge in [0.2, 0.25) is 5.91 Å². The van der Waals surface area contributed by atoms with Crippen LogP contribution < -0.4 is 10.6 Å². The van der Waals surface area contributed by atoms with Gasteiger partial charge in [-0.05, 0) is 60.2 Å². The lowest BCUT2D eigenvalue weighted by molar-refractivity contribution is -0.137. The topological polar surface area (TPSA) is 41.1 Å². The Morgan fingerprint density at radius 1 is 0.939 bits per heavy atom. The van der Waals surface area contributed by atoms with Crippen LogP contribution in [0.4, 0.5) is 17.6 Å². The molecule has 0 aliphatic rings. The van der Waals surface area contributed by atoms with E-state index in [4.69, 9.17) is 0 Å². The molecule has 7 heteroatoms. The second kappa shape index (κ2) is 10.6. The van der Waals surface area contributed by atoms with Gasteiger partial charge in [0.1, 0.15) is 11.9 Å². The van der Waals surface area contributed by atoms with Crippen LogP contribution in [0.1, 0.15) is 46.3 Å². The zero-order valence-corrected chi connectivity index (χ0v) is 18.4. The van der Waals surface area contributed by atoms with Crippen molar-refractivity contribution >= 4 is 5.91 Å². The molecule has 33 heavy (non-hydrogen) atoms. The summed E-state index contributed by atoms with van der Waals surface area (Å²) in [5, 5.41) is 6.04. The highest BCUT2D eigenvalue weighted by molar-refractivity contribution is 5.83. The number of carbonyl (C=O) groups is 1. The van der Waals surface area contributed by atoms with Crippen LogP contribution in [0.25, 0.3) is 0 Å². The van der Waals surface area contributed by atoms with Crippen molar-refractivity contribution in [3.63, 3.8) is 0 Å². The molecule has 0 aliphatic carbocycles. The van der Waals surface area contributed by atoms with E-state index in [0.29, 0.717) is 18.4 Å². The number of aryl methyl sites for hydroxylation is 2. The highest BCUT2D eigenvalue weighted by Gasteiger charge is 2.30. The Morgan fingerprint density at radius 3 is 2.18 bits per heavy atom. The number of carbonyl (C=O) groups excluding carboxylic acids is 1. The maximum Gasteiger partial charge on any atom is 0.416 e. The summed E-state index contributed by atoms with van der Waals surface area (Å²) in [4.78, 5) is 12.7. The maximum absolute atomic E-state index is 13.9. The van der Waals surface area contributed by atoms with Crippen LogP contribution in [-0.4, -0.2) is 13.0 Å². The van der Waals surface area contributed by atoms with Gasteiger partial charge in [-0.15, -0.1) is 0 Å². The Labute approximate surface area is 190 Å². The van der Waals surface area contributed by atoms with E-state index >= 15 is 0 Å². The second-order valence-electron chi connectivity index (χ2n) is 7.92. The first-order valence-corrected chi connectivity index (χ1v) is 10.6. The summed E-state index contributed by atoms with van der Waals surface area (Å²) in [5.74, 6) is -0.550. The Bertz CT molecular complexity index is 1070. The Kier molecular flexibility index (Phi) is 7.87. The highest BCUT2D eigenvalue weighted by atomic mass is 19.4. The number of rotatable bonds is 8. The Hall–Kier alpha value is -3.19. The molecule has 0 saturated carbocycles. The first kappa shape index (κ1) is 24.5.